The number of halogens is 1. The van der Waals surface area contributed by atoms with Crippen LogP contribution in [0.3, 0.4) is 0 Å². The molecule has 1 aliphatic rings. The van der Waals surface area contributed by atoms with Crippen LogP contribution in [0.15, 0.2) is 108 Å². The Labute approximate surface area is 257 Å². The van der Waals surface area contributed by atoms with Gasteiger partial charge < -0.3 is 15.3 Å². The Balaban J connectivity index is 1.53. The summed E-state index contributed by atoms with van der Waals surface area (Å²) in [6.45, 7) is 1.07. The second kappa shape index (κ2) is 12.0. The Morgan fingerprint density at radius 1 is 0.977 bits per heavy atom. The van der Waals surface area contributed by atoms with Gasteiger partial charge in [-0.1, -0.05) is 91.0 Å². The summed E-state index contributed by atoms with van der Waals surface area (Å²) >= 11 is 3.68. The Morgan fingerprint density at radius 3 is 2.05 bits per heavy atom. The number of carboxylic acid groups (broad SMARTS) is 1. The minimum Gasteiger partial charge on any atom is -0.465 e. The summed E-state index contributed by atoms with van der Waals surface area (Å²) in [5, 5.41) is 31.0. The number of fused-ring (bicyclic) bond motifs is 1. The van der Waals surface area contributed by atoms with E-state index in [2.05, 4.69) is 57.6 Å². The lowest BCUT2D eigenvalue weighted by molar-refractivity contribution is -0.385. The third kappa shape index (κ3) is 5.28. The number of amides is 1. The van der Waals surface area contributed by atoms with Crippen molar-refractivity contribution in [2.45, 2.75) is 31.0 Å². The highest BCUT2D eigenvalue weighted by molar-refractivity contribution is 9.10. The Kier molecular flexibility index (Phi) is 7.96. The molecule has 0 spiro atoms. The smallest absolute Gasteiger partial charge is 0.407 e. The van der Waals surface area contributed by atoms with Gasteiger partial charge in [0.25, 0.3) is 5.69 Å². The second-order valence-corrected chi connectivity index (χ2v) is 11.5. The van der Waals surface area contributed by atoms with E-state index in [0.717, 1.165) is 34.9 Å². The fourth-order valence-electron chi connectivity index (χ4n) is 6.20. The van der Waals surface area contributed by atoms with E-state index >= 15 is 0 Å². The van der Waals surface area contributed by atoms with E-state index in [9.17, 15) is 20.0 Å². The Bertz CT molecular complexity index is 1670. The average Bonchev–Trinajstić information content (AvgIpc) is 3.36. The molecule has 0 unspecified atom stereocenters. The number of nitro groups is 1. The van der Waals surface area contributed by atoms with Crippen molar-refractivity contribution < 1.29 is 14.8 Å². The lowest BCUT2D eigenvalue weighted by Crippen LogP contribution is -2.47. The first-order valence-electron chi connectivity index (χ1n) is 14.1. The molecular weight excluding hydrogens is 610 g/mol. The predicted octanol–water partition coefficient (Wildman–Crippen LogP) is 6.78. The molecule has 0 radical (unpaired) electrons. The number of benzene rings is 4. The number of hydrogen-bond acceptors (Lipinski definition) is 5. The number of piperidine rings is 1. The van der Waals surface area contributed by atoms with E-state index in [0.29, 0.717) is 28.8 Å². The summed E-state index contributed by atoms with van der Waals surface area (Å²) in [4.78, 5) is 25.0. The molecule has 6 rings (SSSR count). The highest BCUT2D eigenvalue weighted by Crippen LogP contribution is 2.44. The van der Waals surface area contributed by atoms with E-state index in [1.165, 1.54) is 4.90 Å². The van der Waals surface area contributed by atoms with Crippen molar-refractivity contribution in [3.8, 4) is 0 Å². The van der Waals surface area contributed by atoms with Crippen molar-refractivity contribution in [2.24, 2.45) is 0 Å². The molecule has 1 saturated heterocycles. The van der Waals surface area contributed by atoms with Crippen LogP contribution in [0.25, 0.3) is 10.9 Å². The van der Waals surface area contributed by atoms with Gasteiger partial charge in [-0.3, -0.25) is 10.1 Å². The lowest BCUT2D eigenvalue weighted by atomic mass is 9.77. The highest BCUT2D eigenvalue weighted by Gasteiger charge is 2.41. The van der Waals surface area contributed by atoms with E-state index in [-0.39, 0.29) is 23.2 Å². The number of nitrogens with one attached hydrogen (secondary N) is 1. The second-order valence-electron chi connectivity index (χ2n) is 10.7. The fourth-order valence-corrected chi connectivity index (χ4v) is 6.68. The van der Waals surface area contributed by atoms with Crippen LogP contribution in [-0.4, -0.2) is 49.9 Å². The minimum atomic E-state index is -0.950. The van der Waals surface area contributed by atoms with E-state index in [1.54, 1.807) is 6.07 Å². The zero-order chi connectivity index (χ0) is 30.0. The first kappa shape index (κ1) is 28.6. The van der Waals surface area contributed by atoms with Crippen LogP contribution in [0.5, 0.6) is 0 Å². The normalized spacial score (nSPS) is 15.5. The zero-order valence-corrected chi connectivity index (χ0v) is 24.9. The van der Waals surface area contributed by atoms with Crippen molar-refractivity contribution in [2.75, 3.05) is 13.1 Å². The van der Waals surface area contributed by atoms with E-state index in [1.807, 2.05) is 65.3 Å². The summed E-state index contributed by atoms with van der Waals surface area (Å²) in [5.74, 6) is 0. The minimum absolute atomic E-state index is 0.0253. The quantitative estimate of drug-likeness (QED) is 0.110. The largest absolute Gasteiger partial charge is 0.465 e. The fraction of sp³-hybridized carbons (Fsp3) is 0.212. The van der Waals surface area contributed by atoms with Crippen LogP contribution in [-0.2, 0) is 12.1 Å². The molecule has 10 heteroatoms. The van der Waals surface area contributed by atoms with Gasteiger partial charge in [0.2, 0.25) is 0 Å². The monoisotopic (exact) mass is 639 g/mol. The molecule has 1 aromatic heterocycles. The number of nitro benzene ring substituents is 1. The predicted molar refractivity (Wildman–Crippen MR) is 168 cm³/mol. The number of nitrogens with zero attached hydrogens (tertiary/aromatic N) is 4. The molecule has 9 nitrogen and oxygen atoms in total. The standard InChI is InChI=1S/C33H30BrN5O4/c34-31-28-19-23(21-35-27-17-10-18-37(22-27)32(40)41)29(39(42)43)20-30(28)38(36-31)33(24-11-4-1-5-12-24,25-13-6-2-7-14-25)26-15-8-3-9-16-26/h1-9,11-16,19-20,27,35H,10,17-18,21-22H2,(H,40,41)/t27-/m1/s1. The molecule has 1 fully saturated rings. The molecule has 218 valence electrons. The van der Waals surface area contributed by atoms with Gasteiger partial charge in [-0.05, 0) is 51.5 Å². The van der Waals surface area contributed by atoms with Gasteiger partial charge in [0.05, 0.1) is 10.4 Å². The number of rotatable bonds is 8. The van der Waals surface area contributed by atoms with Gasteiger partial charge >= 0.3 is 6.09 Å². The van der Waals surface area contributed by atoms with Gasteiger partial charge in [-0.2, -0.15) is 5.10 Å². The summed E-state index contributed by atoms with van der Waals surface area (Å²) in [7, 11) is 0. The maximum absolute atomic E-state index is 12.5. The third-order valence-corrected chi connectivity index (χ3v) is 8.78. The van der Waals surface area contributed by atoms with Gasteiger partial charge in [-0.15, -0.1) is 0 Å². The third-order valence-electron chi connectivity index (χ3n) is 8.20. The number of aromatic nitrogens is 2. The molecule has 2 N–H and O–H groups in total. The summed E-state index contributed by atoms with van der Waals surface area (Å²) in [6.07, 6.45) is 0.591. The zero-order valence-electron chi connectivity index (χ0n) is 23.3. The van der Waals surface area contributed by atoms with Crippen molar-refractivity contribution in [1.29, 1.82) is 0 Å². The molecular formula is C33H30BrN5O4. The van der Waals surface area contributed by atoms with Gasteiger partial charge in [-0.25, -0.2) is 9.48 Å². The molecule has 4 aromatic carbocycles. The maximum atomic E-state index is 12.5. The van der Waals surface area contributed by atoms with Crippen molar-refractivity contribution in [3.05, 3.63) is 140 Å². The summed E-state index contributed by atoms with van der Waals surface area (Å²) < 4.78 is 2.46. The van der Waals surface area contributed by atoms with Gasteiger partial charge in [0, 0.05) is 42.7 Å². The van der Waals surface area contributed by atoms with Crippen molar-refractivity contribution >= 4 is 38.6 Å². The Morgan fingerprint density at radius 2 is 1.53 bits per heavy atom. The molecule has 0 bridgehead atoms. The first-order chi connectivity index (χ1) is 20.9. The summed E-state index contributed by atoms with van der Waals surface area (Å²) in [5.41, 5.74) is 3.02. The van der Waals surface area contributed by atoms with Crippen molar-refractivity contribution in [3.63, 3.8) is 0 Å². The van der Waals surface area contributed by atoms with E-state index in [4.69, 9.17) is 5.10 Å². The number of likely N-dealkylation sites (tertiary alicyclic amines) is 1. The summed E-state index contributed by atoms with van der Waals surface area (Å²) in [6, 6.07) is 33.5. The Hall–Kier alpha value is -4.54. The lowest BCUT2D eigenvalue weighted by Gasteiger charge is -2.37. The molecule has 1 atom stereocenters. The molecule has 0 saturated carbocycles. The topological polar surface area (TPSA) is 114 Å². The van der Waals surface area contributed by atoms with Crippen LogP contribution in [0.1, 0.15) is 35.1 Å². The van der Waals surface area contributed by atoms with Gasteiger partial charge in [0.15, 0.2) is 0 Å². The van der Waals surface area contributed by atoms with Crippen molar-refractivity contribution in [1.82, 2.24) is 20.0 Å². The number of carbonyl (C=O) groups is 1. The SMILES string of the molecule is O=C(O)N1CCC[C@@H](NCc2cc3c(Br)nn(C(c4ccccc4)(c4ccccc4)c4ccccc4)c3cc2[N+](=O)[O-])C1. The van der Waals surface area contributed by atoms with Gasteiger partial charge in [0.1, 0.15) is 10.1 Å². The molecule has 2 heterocycles. The highest BCUT2D eigenvalue weighted by atomic mass is 79.9. The van der Waals surface area contributed by atoms with Crippen LogP contribution in [0.2, 0.25) is 0 Å². The molecule has 1 aliphatic heterocycles. The molecule has 1 amide bonds. The molecule has 0 aliphatic carbocycles. The van der Waals surface area contributed by atoms with Crippen LogP contribution >= 0.6 is 15.9 Å². The molecule has 5 aromatic rings. The van der Waals surface area contributed by atoms with Crippen LogP contribution in [0.4, 0.5) is 10.5 Å². The average molecular weight is 641 g/mol. The molecule has 43 heavy (non-hydrogen) atoms. The van der Waals surface area contributed by atoms with Crippen LogP contribution in [0, 0.1) is 10.1 Å². The number of hydrogen-bond donors (Lipinski definition) is 2. The van der Waals surface area contributed by atoms with Crippen LogP contribution < -0.4 is 5.32 Å². The maximum Gasteiger partial charge on any atom is 0.407 e. The first-order valence-corrected chi connectivity index (χ1v) is 14.9. The van der Waals surface area contributed by atoms with E-state index < -0.39 is 11.6 Å².